The first kappa shape index (κ1) is 17.8. The summed E-state index contributed by atoms with van der Waals surface area (Å²) < 4.78 is 0. The second-order valence-corrected chi connectivity index (χ2v) is 6.31. The molecule has 0 amide bonds. The van der Waals surface area contributed by atoms with E-state index in [1.165, 1.54) is 6.07 Å². The predicted molar refractivity (Wildman–Crippen MR) is 97.7 cm³/mol. The van der Waals surface area contributed by atoms with Gasteiger partial charge >= 0.3 is 5.69 Å². The third-order valence-electron chi connectivity index (χ3n) is 4.48. The molecule has 2 aromatic rings. The van der Waals surface area contributed by atoms with Crippen LogP contribution in [-0.2, 0) is 0 Å². The van der Waals surface area contributed by atoms with Gasteiger partial charge < -0.3 is 10.0 Å². The number of nitro groups is 1. The molecular formula is C19H20N4O3. The molecule has 3 rings (SSSR count). The molecule has 0 aromatic carbocycles. The topological polar surface area (TPSA) is 92.4 Å². The average Bonchev–Trinajstić information content (AvgIpc) is 2.66. The molecule has 1 saturated heterocycles. The number of piperidine rings is 1. The zero-order chi connectivity index (χ0) is 18.5. The highest BCUT2D eigenvalue weighted by molar-refractivity contribution is 5.57. The second-order valence-electron chi connectivity index (χ2n) is 6.31. The van der Waals surface area contributed by atoms with Crippen molar-refractivity contribution in [2.24, 2.45) is 5.92 Å². The first-order chi connectivity index (χ1) is 12.5. The molecular weight excluding hydrogens is 332 g/mol. The van der Waals surface area contributed by atoms with Crippen molar-refractivity contribution < 1.29 is 10.0 Å². The molecule has 1 unspecified atom stereocenters. The standard InChI is InChI=1S/C19H20N4O3/c1-14-4-2-5-16(21-14)7-8-18(24)15-9-12-22(13-10-15)19-17(23(25)26)6-3-11-20-19/h2-6,11,15,18,24H,9-10,12-13H2,1H3. The summed E-state index contributed by atoms with van der Waals surface area (Å²) in [4.78, 5) is 21.1. The Balaban J connectivity index is 1.63. The summed E-state index contributed by atoms with van der Waals surface area (Å²) in [7, 11) is 0. The molecule has 1 aliphatic heterocycles. The molecule has 7 heteroatoms. The molecule has 3 heterocycles. The van der Waals surface area contributed by atoms with Crippen LogP contribution in [0.25, 0.3) is 0 Å². The molecule has 7 nitrogen and oxygen atoms in total. The van der Waals surface area contributed by atoms with Gasteiger partial charge in [-0.05, 0) is 49.8 Å². The van der Waals surface area contributed by atoms with Crippen molar-refractivity contribution >= 4 is 11.5 Å². The van der Waals surface area contributed by atoms with Gasteiger partial charge in [0.2, 0.25) is 5.82 Å². The largest absolute Gasteiger partial charge is 0.380 e. The highest BCUT2D eigenvalue weighted by atomic mass is 16.6. The quantitative estimate of drug-likeness (QED) is 0.518. The van der Waals surface area contributed by atoms with Gasteiger partial charge in [-0.15, -0.1) is 0 Å². The maximum absolute atomic E-state index is 11.2. The molecule has 0 saturated carbocycles. The third kappa shape index (κ3) is 4.16. The fraction of sp³-hybridized carbons (Fsp3) is 0.368. The van der Waals surface area contributed by atoms with Crippen molar-refractivity contribution in [2.75, 3.05) is 18.0 Å². The summed E-state index contributed by atoms with van der Waals surface area (Å²) in [6.45, 7) is 3.10. The fourth-order valence-corrected chi connectivity index (χ4v) is 3.08. The minimum atomic E-state index is -0.738. The minimum Gasteiger partial charge on any atom is -0.380 e. The van der Waals surface area contributed by atoms with Gasteiger partial charge in [0.25, 0.3) is 0 Å². The van der Waals surface area contributed by atoms with Crippen LogP contribution in [-0.4, -0.2) is 39.2 Å². The number of hydrogen-bond donors (Lipinski definition) is 1. The normalized spacial score (nSPS) is 15.8. The Hall–Kier alpha value is -2.98. The van der Waals surface area contributed by atoms with Crippen LogP contribution >= 0.6 is 0 Å². The first-order valence-corrected chi connectivity index (χ1v) is 8.52. The van der Waals surface area contributed by atoms with Crippen molar-refractivity contribution in [3.8, 4) is 11.8 Å². The second kappa shape index (κ2) is 7.93. The first-order valence-electron chi connectivity index (χ1n) is 8.52. The van der Waals surface area contributed by atoms with Gasteiger partial charge in [0.1, 0.15) is 11.8 Å². The zero-order valence-corrected chi connectivity index (χ0v) is 14.5. The van der Waals surface area contributed by atoms with Crippen LogP contribution < -0.4 is 4.90 Å². The van der Waals surface area contributed by atoms with Gasteiger partial charge in [0.05, 0.1) is 4.92 Å². The van der Waals surface area contributed by atoms with Gasteiger partial charge in [-0.2, -0.15) is 0 Å². The van der Waals surface area contributed by atoms with Gasteiger partial charge in [-0.25, -0.2) is 9.97 Å². The lowest BCUT2D eigenvalue weighted by atomic mass is 9.91. The van der Waals surface area contributed by atoms with Crippen LogP contribution in [0.5, 0.6) is 0 Å². The van der Waals surface area contributed by atoms with Crippen LogP contribution in [0.4, 0.5) is 11.5 Å². The van der Waals surface area contributed by atoms with Gasteiger partial charge in [-0.3, -0.25) is 10.1 Å². The SMILES string of the molecule is Cc1cccc(C#CC(O)C2CCN(c3ncccc3[N+](=O)[O-])CC2)n1. The lowest BCUT2D eigenvalue weighted by molar-refractivity contribution is -0.384. The lowest BCUT2D eigenvalue weighted by Crippen LogP contribution is -2.38. The molecule has 0 radical (unpaired) electrons. The Labute approximate surface area is 151 Å². The number of aryl methyl sites for hydroxylation is 1. The van der Waals surface area contributed by atoms with E-state index < -0.39 is 11.0 Å². The van der Waals surface area contributed by atoms with Crippen LogP contribution in [0.3, 0.4) is 0 Å². The number of anilines is 1. The van der Waals surface area contributed by atoms with Crippen LogP contribution in [0.15, 0.2) is 36.5 Å². The Bertz CT molecular complexity index is 851. The summed E-state index contributed by atoms with van der Waals surface area (Å²) in [5.41, 5.74) is 1.54. The maximum Gasteiger partial charge on any atom is 0.311 e. The molecule has 0 aliphatic carbocycles. The molecule has 26 heavy (non-hydrogen) atoms. The summed E-state index contributed by atoms with van der Waals surface area (Å²) >= 11 is 0. The minimum absolute atomic E-state index is 0.0109. The smallest absolute Gasteiger partial charge is 0.311 e. The summed E-state index contributed by atoms with van der Waals surface area (Å²) in [6, 6.07) is 8.62. The highest BCUT2D eigenvalue weighted by Gasteiger charge is 2.28. The summed E-state index contributed by atoms with van der Waals surface area (Å²) in [5.74, 6) is 6.23. The number of nitrogens with zero attached hydrogens (tertiary/aromatic N) is 4. The maximum atomic E-state index is 11.2. The molecule has 1 atom stereocenters. The Morgan fingerprint density at radius 1 is 1.31 bits per heavy atom. The van der Waals surface area contributed by atoms with Crippen molar-refractivity contribution in [3.05, 3.63) is 58.0 Å². The van der Waals surface area contributed by atoms with E-state index in [1.807, 2.05) is 30.0 Å². The van der Waals surface area contributed by atoms with Gasteiger partial charge in [0.15, 0.2) is 0 Å². The number of hydrogen-bond acceptors (Lipinski definition) is 6. The van der Waals surface area contributed by atoms with E-state index in [9.17, 15) is 15.2 Å². The number of aliphatic hydroxyl groups excluding tert-OH is 1. The van der Waals surface area contributed by atoms with Crippen molar-refractivity contribution in [3.63, 3.8) is 0 Å². The predicted octanol–water partition coefficient (Wildman–Crippen LogP) is 2.32. The lowest BCUT2D eigenvalue weighted by Gasteiger charge is -2.33. The third-order valence-corrected chi connectivity index (χ3v) is 4.48. The Kier molecular flexibility index (Phi) is 5.44. The van der Waals surface area contributed by atoms with E-state index in [0.29, 0.717) is 37.4 Å². The van der Waals surface area contributed by atoms with Crippen LogP contribution in [0, 0.1) is 34.8 Å². The van der Waals surface area contributed by atoms with E-state index >= 15 is 0 Å². The van der Waals surface area contributed by atoms with Crippen LogP contribution in [0.1, 0.15) is 24.2 Å². The monoisotopic (exact) mass is 352 g/mol. The zero-order valence-electron chi connectivity index (χ0n) is 14.5. The van der Waals surface area contributed by atoms with E-state index in [4.69, 9.17) is 0 Å². The average molecular weight is 352 g/mol. The molecule has 0 spiro atoms. The number of aliphatic hydroxyl groups is 1. The van der Waals surface area contributed by atoms with Crippen molar-refractivity contribution in [1.82, 2.24) is 9.97 Å². The van der Waals surface area contributed by atoms with E-state index in [-0.39, 0.29) is 11.6 Å². The van der Waals surface area contributed by atoms with Crippen molar-refractivity contribution in [2.45, 2.75) is 25.9 Å². The van der Waals surface area contributed by atoms with Crippen molar-refractivity contribution in [1.29, 1.82) is 0 Å². The molecule has 1 aliphatic rings. The Morgan fingerprint density at radius 3 is 2.77 bits per heavy atom. The fourth-order valence-electron chi connectivity index (χ4n) is 3.08. The van der Waals surface area contributed by atoms with Crippen LogP contribution in [0.2, 0.25) is 0 Å². The molecule has 1 N–H and O–H groups in total. The summed E-state index contributed by atoms with van der Waals surface area (Å²) in [5, 5.41) is 21.5. The van der Waals surface area contributed by atoms with E-state index in [2.05, 4.69) is 21.8 Å². The molecule has 1 fully saturated rings. The van der Waals surface area contributed by atoms with E-state index in [1.54, 1.807) is 12.3 Å². The van der Waals surface area contributed by atoms with E-state index in [0.717, 1.165) is 5.69 Å². The molecule has 134 valence electrons. The summed E-state index contributed by atoms with van der Waals surface area (Å²) in [6.07, 6.45) is 2.22. The number of rotatable bonds is 3. The van der Waals surface area contributed by atoms with Gasteiger partial charge in [0, 0.05) is 31.0 Å². The Morgan fingerprint density at radius 2 is 2.08 bits per heavy atom. The van der Waals surface area contributed by atoms with Gasteiger partial charge in [-0.1, -0.05) is 12.0 Å². The number of pyridine rings is 2. The highest BCUT2D eigenvalue weighted by Crippen LogP contribution is 2.29. The molecule has 0 bridgehead atoms. The number of aromatic nitrogens is 2. The molecule has 2 aromatic heterocycles.